The minimum atomic E-state index is -0.461. The quantitative estimate of drug-likeness (QED) is 0.462. The maximum atomic E-state index is 14.5. The Morgan fingerprint density at radius 1 is 1.09 bits per heavy atom. The van der Waals surface area contributed by atoms with E-state index >= 15 is 0 Å². The second kappa shape index (κ2) is 9.65. The van der Waals surface area contributed by atoms with Crippen LogP contribution in [0.2, 0.25) is 0 Å². The van der Waals surface area contributed by atoms with Crippen LogP contribution in [0.15, 0.2) is 48.7 Å². The highest BCUT2D eigenvalue weighted by molar-refractivity contribution is 5.96. The van der Waals surface area contributed by atoms with Crippen molar-refractivity contribution in [1.29, 1.82) is 0 Å². The average Bonchev–Trinajstić information content (AvgIpc) is 3.53. The van der Waals surface area contributed by atoms with E-state index in [0.29, 0.717) is 24.7 Å². The van der Waals surface area contributed by atoms with E-state index in [1.807, 2.05) is 30.3 Å². The van der Waals surface area contributed by atoms with Crippen LogP contribution >= 0.6 is 0 Å². The number of carbonyl (C=O) groups excluding carboxylic acids is 1. The Hall–Kier alpha value is -3.35. The number of aryl methyl sites for hydroxylation is 1. The van der Waals surface area contributed by atoms with Crippen LogP contribution in [0.25, 0.3) is 0 Å². The number of halogens is 1. The Balaban J connectivity index is 1.28. The van der Waals surface area contributed by atoms with Crippen LogP contribution in [0.3, 0.4) is 0 Å². The van der Waals surface area contributed by atoms with Gasteiger partial charge in [-0.15, -0.1) is 0 Å². The number of H-pyrrole nitrogens is 1. The van der Waals surface area contributed by atoms with Gasteiger partial charge in [0.25, 0.3) is 0 Å². The van der Waals surface area contributed by atoms with Crippen molar-refractivity contribution >= 4 is 5.78 Å². The van der Waals surface area contributed by atoms with E-state index in [-0.39, 0.29) is 30.5 Å². The van der Waals surface area contributed by atoms with E-state index in [0.717, 1.165) is 48.4 Å². The van der Waals surface area contributed by atoms with Crippen molar-refractivity contribution in [2.24, 2.45) is 5.92 Å². The normalized spacial score (nSPS) is 19.4. The van der Waals surface area contributed by atoms with E-state index in [2.05, 4.69) is 10.2 Å². The average molecular weight is 451 g/mol. The minimum Gasteiger partial charge on any atom is -0.493 e. The summed E-state index contributed by atoms with van der Waals surface area (Å²) in [7, 11) is 0. The Morgan fingerprint density at radius 3 is 2.85 bits per heavy atom. The van der Waals surface area contributed by atoms with E-state index in [1.54, 1.807) is 12.3 Å². The number of nitrogens with one attached hydrogen (secondary N) is 1. The number of carbonyl (C=O) groups is 1. The van der Waals surface area contributed by atoms with Gasteiger partial charge in [-0.3, -0.25) is 9.89 Å². The lowest BCUT2D eigenvalue weighted by atomic mass is 9.75. The Kier molecular flexibility index (Phi) is 6.28. The molecule has 2 aromatic carbocycles. The number of aromatic amines is 1. The molecule has 2 aliphatic rings. The van der Waals surface area contributed by atoms with Crippen LogP contribution in [0.5, 0.6) is 17.2 Å². The molecular formula is C26H27FN2O4. The number of ketones is 1. The maximum absolute atomic E-state index is 14.5. The molecule has 1 N–H and O–H groups in total. The lowest BCUT2D eigenvalue weighted by molar-refractivity contribution is 0.0978. The number of ether oxygens (including phenoxy) is 3. The third kappa shape index (κ3) is 4.87. The first-order valence-electron chi connectivity index (χ1n) is 11.5. The number of benzene rings is 2. The molecule has 6 nitrogen and oxygen atoms in total. The van der Waals surface area contributed by atoms with Gasteiger partial charge in [0.15, 0.2) is 17.3 Å². The number of nitrogens with zero attached hydrogens (tertiary/aromatic N) is 1. The molecule has 0 spiro atoms. The van der Waals surface area contributed by atoms with Crippen molar-refractivity contribution in [1.82, 2.24) is 10.2 Å². The zero-order valence-electron chi connectivity index (χ0n) is 18.4. The van der Waals surface area contributed by atoms with Gasteiger partial charge in [0.2, 0.25) is 6.79 Å². The molecule has 1 aliphatic heterocycles. The molecule has 5 rings (SSSR count). The summed E-state index contributed by atoms with van der Waals surface area (Å²) in [4.78, 5) is 12.8. The summed E-state index contributed by atoms with van der Waals surface area (Å²) in [6, 6.07) is 12.4. The zero-order valence-corrected chi connectivity index (χ0v) is 18.4. The van der Waals surface area contributed by atoms with Crippen molar-refractivity contribution in [3.05, 3.63) is 71.3 Å². The lowest BCUT2D eigenvalue weighted by Gasteiger charge is -2.32. The first kappa shape index (κ1) is 21.5. The second-order valence-electron chi connectivity index (χ2n) is 8.72. The predicted octanol–water partition coefficient (Wildman–Crippen LogP) is 5.45. The molecule has 3 aromatic rings. The fourth-order valence-electron chi connectivity index (χ4n) is 4.81. The molecule has 1 fully saturated rings. The molecule has 2 atom stereocenters. The first-order valence-corrected chi connectivity index (χ1v) is 11.5. The molecule has 0 bridgehead atoms. The number of aromatic nitrogens is 2. The smallest absolute Gasteiger partial charge is 0.231 e. The molecule has 0 radical (unpaired) electrons. The summed E-state index contributed by atoms with van der Waals surface area (Å²) in [6.07, 6.45) is 6.70. The molecule has 172 valence electrons. The summed E-state index contributed by atoms with van der Waals surface area (Å²) in [5.41, 5.74) is 2.06. The van der Waals surface area contributed by atoms with Gasteiger partial charge in [-0.25, -0.2) is 4.39 Å². The minimum absolute atomic E-state index is 0.174. The largest absolute Gasteiger partial charge is 0.493 e. The Bertz CT molecular complexity index is 1120. The molecule has 1 aliphatic carbocycles. The number of hydrogen-bond donors (Lipinski definition) is 1. The zero-order chi connectivity index (χ0) is 22.6. The van der Waals surface area contributed by atoms with Gasteiger partial charge in [-0.1, -0.05) is 18.9 Å². The van der Waals surface area contributed by atoms with Crippen LogP contribution in [-0.2, 0) is 6.42 Å². The molecule has 7 heteroatoms. The monoisotopic (exact) mass is 450 g/mol. The summed E-state index contributed by atoms with van der Waals surface area (Å²) in [5.74, 6) is 2.05. The van der Waals surface area contributed by atoms with Crippen molar-refractivity contribution in [2.45, 2.75) is 44.4 Å². The van der Waals surface area contributed by atoms with Gasteiger partial charge in [0, 0.05) is 24.4 Å². The summed E-state index contributed by atoms with van der Waals surface area (Å²) in [6.45, 7) is 0.793. The Labute approximate surface area is 192 Å². The molecular weight excluding hydrogens is 423 g/mol. The number of Topliss-reactive ketones (excluding diaryl/α,β-unsaturated/α-hetero) is 1. The third-order valence-corrected chi connectivity index (χ3v) is 6.62. The SMILES string of the molecule is O=C(CCc1ccn[nH]1)c1cc([C@@H]2CCCC[C@H]2COc2ccc3c(c2)OCO3)ccc1F. The van der Waals surface area contributed by atoms with Crippen LogP contribution in [-0.4, -0.2) is 29.4 Å². The highest BCUT2D eigenvalue weighted by Crippen LogP contribution is 2.40. The molecule has 2 heterocycles. The van der Waals surface area contributed by atoms with Gasteiger partial charge in [0.1, 0.15) is 11.6 Å². The molecule has 1 aromatic heterocycles. The van der Waals surface area contributed by atoms with Crippen LogP contribution < -0.4 is 14.2 Å². The van der Waals surface area contributed by atoms with Crippen molar-refractivity contribution < 1.29 is 23.4 Å². The van der Waals surface area contributed by atoms with Crippen molar-refractivity contribution in [3.8, 4) is 17.2 Å². The van der Waals surface area contributed by atoms with E-state index in [9.17, 15) is 9.18 Å². The van der Waals surface area contributed by atoms with Crippen LogP contribution in [0, 0.1) is 11.7 Å². The molecule has 0 amide bonds. The number of rotatable bonds is 8. The first-order chi connectivity index (χ1) is 16.2. The van der Waals surface area contributed by atoms with Gasteiger partial charge in [-0.05, 0) is 67.0 Å². The fraction of sp³-hybridized carbons (Fsp3) is 0.385. The second-order valence-corrected chi connectivity index (χ2v) is 8.72. The summed E-state index contributed by atoms with van der Waals surface area (Å²) in [5, 5.41) is 6.74. The Morgan fingerprint density at radius 2 is 1.97 bits per heavy atom. The molecule has 1 saturated carbocycles. The molecule has 0 saturated heterocycles. The van der Waals surface area contributed by atoms with Gasteiger partial charge >= 0.3 is 0 Å². The summed E-state index contributed by atoms with van der Waals surface area (Å²) < 4.78 is 31.5. The van der Waals surface area contributed by atoms with Crippen molar-refractivity contribution in [2.75, 3.05) is 13.4 Å². The standard InChI is InChI=1S/C26H27FN2O4/c27-23-8-5-17(13-22(23)24(30)9-6-19-11-12-28-29-19)21-4-2-1-3-18(21)15-31-20-7-10-25-26(14-20)33-16-32-25/h5,7-8,10-14,18,21H,1-4,6,9,15-16H2,(H,28,29)/t18-,21-/m0/s1. The predicted molar refractivity (Wildman–Crippen MR) is 120 cm³/mol. The van der Waals surface area contributed by atoms with Gasteiger partial charge < -0.3 is 14.2 Å². The van der Waals surface area contributed by atoms with Gasteiger partial charge in [0.05, 0.1) is 12.2 Å². The lowest BCUT2D eigenvalue weighted by Crippen LogP contribution is -2.24. The van der Waals surface area contributed by atoms with E-state index in [4.69, 9.17) is 14.2 Å². The van der Waals surface area contributed by atoms with Crippen molar-refractivity contribution in [3.63, 3.8) is 0 Å². The van der Waals surface area contributed by atoms with Crippen LogP contribution in [0.1, 0.15) is 59.6 Å². The van der Waals surface area contributed by atoms with E-state index < -0.39 is 5.82 Å². The fourth-order valence-corrected chi connectivity index (χ4v) is 4.81. The highest BCUT2D eigenvalue weighted by atomic mass is 19.1. The molecule has 33 heavy (non-hydrogen) atoms. The third-order valence-electron chi connectivity index (χ3n) is 6.62. The highest BCUT2D eigenvalue weighted by Gasteiger charge is 2.28. The van der Waals surface area contributed by atoms with Crippen LogP contribution in [0.4, 0.5) is 4.39 Å². The summed E-state index contributed by atoms with van der Waals surface area (Å²) >= 11 is 0. The topological polar surface area (TPSA) is 73.4 Å². The van der Waals surface area contributed by atoms with E-state index in [1.165, 1.54) is 6.07 Å². The maximum Gasteiger partial charge on any atom is 0.231 e. The van der Waals surface area contributed by atoms with Gasteiger partial charge in [-0.2, -0.15) is 5.10 Å². The number of fused-ring (bicyclic) bond motifs is 1. The number of hydrogen-bond acceptors (Lipinski definition) is 5. The molecule has 0 unspecified atom stereocenters.